The number of ether oxygens (including phenoxy) is 1. The van der Waals surface area contributed by atoms with E-state index in [1.165, 1.54) is 30.7 Å². The van der Waals surface area contributed by atoms with Gasteiger partial charge in [0.25, 0.3) is 0 Å². The Balaban J connectivity index is 1.34. The summed E-state index contributed by atoms with van der Waals surface area (Å²) in [5, 5.41) is 19.0. The van der Waals surface area contributed by atoms with Crippen LogP contribution in [0.1, 0.15) is 71.8 Å². The van der Waals surface area contributed by atoms with Crippen molar-refractivity contribution in [2.75, 3.05) is 6.54 Å². The number of fused-ring (bicyclic) bond motifs is 2. The van der Waals surface area contributed by atoms with Crippen molar-refractivity contribution in [2.45, 2.75) is 78.4 Å². The molecule has 1 saturated heterocycles. The summed E-state index contributed by atoms with van der Waals surface area (Å²) in [7, 11) is 0. The fourth-order valence-corrected chi connectivity index (χ4v) is 6.38. The molecule has 7 nitrogen and oxygen atoms in total. The second-order valence-corrected chi connectivity index (χ2v) is 11.4. The molecular formula is C28H37NO6. The highest BCUT2D eigenvalue weighted by atomic mass is 16.5. The van der Waals surface area contributed by atoms with Crippen LogP contribution in [0, 0.1) is 22.7 Å². The number of amides is 1. The third-order valence-corrected chi connectivity index (χ3v) is 9.17. The average molecular weight is 484 g/mol. The van der Waals surface area contributed by atoms with Crippen LogP contribution in [0.5, 0.6) is 11.5 Å². The van der Waals surface area contributed by atoms with Crippen LogP contribution >= 0.6 is 0 Å². The maximum atomic E-state index is 13.2. The molecule has 1 aromatic carbocycles. The molecule has 2 saturated carbocycles. The van der Waals surface area contributed by atoms with Gasteiger partial charge in [0.1, 0.15) is 12.1 Å². The number of phenols is 2. The summed E-state index contributed by atoms with van der Waals surface area (Å²) in [5.41, 5.74) is 0.679. The van der Waals surface area contributed by atoms with Gasteiger partial charge in [-0.1, -0.05) is 39.8 Å². The van der Waals surface area contributed by atoms with E-state index in [0.717, 1.165) is 19.3 Å². The van der Waals surface area contributed by atoms with Crippen LogP contribution in [0.25, 0.3) is 6.08 Å². The highest BCUT2D eigenvalue weighted by Gasteiger charge is 2.63. The number of esters is 1. The minimum Gasteiger partial charge on any atom is -0.504 e. The SMILES string of the molecule is C[C@H](CC(=O)/C=C/c1ccc(O)c(O)c1)C(=O)N1CCC[C@H]1C(=O)OC1CC2CCC1(C)C2(C)C. The van der Waals surface area contributed by atoms with Crippen LogP contribution in [0.2, 0.25) is 0 Å². The number of allylic oxidation sites excluding steroid dienone is 1. The van der Waals surface area contributed by atoms with E-state index in [1.807, 2.05) is 0 Å². The quantitative estimate of drug-likeness (QED) is 0.337. The number of phenolic OH excluding ortho intramolecular Hbond substituents is 2. The van der Waals surface area contributed by atoms with Crippen LogP contribution in [0.15, 0.2) is 24.3 Å². The number of hydrogen-bond donors (Lipinski definition) is 2. The molecule has 5 atom stereocenters. The smallest absolute Gasteiger partial charge is 0.329 e. The number of nitrogens with zero attached hydrogens (tertiary/aromatic N) is 1. The van der Waals surface area contributed by atoms with Gasteiger partial charge in [-0.2, -0.15) is 0 Å². The molecule has 190 valence electrons. The molecule has 3 fully saturated rings. The van der Waals surface area contributed by atoms with Crippen LogP contribution in [-0.2, 0) is 19.1 Å². The fraction of sp³-hybridized carbons (Fsp3) is 0.607. The molecule has 1 heterocycles. The Morgan fingerprint density at radius 3 is 2.54 bits per heavy atom. The summed E-state index contributed by atoms with van der Waals surface area (Å²) in [6.07, 6.45) is 7.28. The van der Waals surface area contributed by atoms with E-state index in [1.54, 1.807) is 17.9 Å². The van der Waals surface area contributed by atoms with E-state index in [-0.39, 0.29) is 52.5 Å². The molecule has 3 unspecified atom stereocenters. The predicted molar refractivity (Wildman–Crippen MR) is 131 cm³/mol. The summed E-state index contributed by atoms with van der Waals surface area (Å²) in [6, 6.07) is 3.69. The van der Waals surface area contributed by atoms with Gasteiger partial charge in [0.15, 0.2) is 17.3 Å². The highest BCUT2D eigenvalue weighted by Crippen LogP contribution is 2.66. The maximum Gasteiger partial charge on any atom is 0.329 e. The van der Waals surface area contributed by atoms with Gasteiger partial charge in [-0.3, -0.25) is 9.59 Å². The van der Waals surface area contributed by atoms with Crippen molar-refractivity contribution < 1.29 is 29.3 Å². The minimum atomic E-state index is -0.582. The van der Waals surface area contributed by atoms with Gasteiger partial charge in [-0.05, 0) is 67.2 Å². The van der Waals surface area contributed by atoms with E-state index < -0.39 is 12.0 Å². The summed E-state index contributed by atoms with van der Waals surface area (Å²) in [4.78, 5) is 40.4. The minimum absolute atomic E-state index is 0.0221. The number of benzene rings is 1. The lowest BCUT2D eigenvalue weighted by Crippen LogP contribution is -2.46. The van der Waals surface area contributed by atoms with Gasteiger partial charge in [0, 0.05) is 24.3 Å². The highest BCUT2D eigenvalue weighted by molar-refractivity contribution is 5.97. The van der Waals surface area contributed by atoms with Crippen LogP contribution < -0.4 is 0 Å². The molecule has 3 aliphatic rings. The summed E-state index contributed by atoms with van der Waals surface area (Å²) >= 11 is 0. The summed E-state index contributed by atoms with van der Waals surface area (Å²) < 4.78 is 6.07. The van der Waals surface area contributed by atoms with Crippen molar-refractivity contribution >= 4 is 23.7 Å². The van der Waals surface area contributed by atoms with Gasteiger partial charge in [0.05, 0.1) is 0 Å². The number of carbonyl (C=O) groups is 3. The predicted octanol–water partition coefficient (Wildman–Crippen LogP) is 4.46. The molecule has 2 N–H and O–H groups in total. The van der Waals surface area contributed by atoms with Crippen molar-refractivity contribution in [3.8, 4) is 11.5 Å². The summed E-state index contributed by atoms with van der Waals surface area (Å²) in [5.74, 6) is -1.23. The summed E-state index contributed by atoms with van der Waals surface area (Å²) in [6.45, 7) is 9.00. The second-order valence-electron chi connectivity index (χ2n) is 11.4. The lowest BCUT2D eigenvalue weighted by molar-refractivity contribution is -0.165. The molecule has 35 heavy (non-hydrogen) atoms. The number of rotatable bonds is 7. The molecule has 1 amide bonds. The van der Waals surface area contributed by atoms with Gasteiger partial charge in [-0.15, -0.1) is 0 Å². The van der Waals surface area contributed by atoms with Crippen molar-refractivity contribution in [3.63, 3.8) is 0 Å². The topological polar surface area (TPSA) is 104 Å². The Kier molecular flexibility index (Phi) is 6.73. The molecule has 4 rings (SSSR count). The van der Waals surface area contributed by atoms with E-state index in [9.17, 15) is 24.6 Å². The number of hydrogen-bond acceptors (Lipinski definition) is 6. The number of aromatic hydroxyl groups is 2. The average Bonchev–Trinajstić information content (AvgIpc) is 3.43. The van der Waals surface area contributed by atoms with E-state index in [4.69, 9.17) is 4.74 Å². The second kappa shape index (κ2) is 9.32. The van der Waals surface area contributed by atoms with Crippen molar-refractivity contribution in [3.05, 3.63) is 29.8 Å². The normalized spacial score (nSPS) is 30.1. The van der Waals surface area contributed by atoms with Crippen LogP contribution in [0.4, 0.5) is 0 Å². The number of ketones is 1. The van der Waals surface area contributed by atoms with E-state index >= 15 is 0 Å². The first-order valence-corrected chi connectivity index (χ1v) is 12.7. The third kappa shape index (κ3) is 4.57. The standard InChI is InChI=1S/C28H37NO6/c1-17(14-20(30)9-7-18-8-10-22(31)23(32)15-18)25(33)29-13-5-6-21(29)26(34)35-24-16-19-11-12-28(24,4)27(19,2)3/h7-10,15,17,19,21,24,31-32H,5-6,11-14,16H2,1-4H3/b9-7+/t17-,19?,21+,24?,28?/m1/s1. The Morgan fingerprint density at radius 2 is 1.91 bits per heavy atom. The third-order valence-electron chi connectivity index (χ3n) is 9.17. The van der Waals surface area contributed by atoms with E-state index in [2.05, 4.69) is 20.8 Å². The molecule has 2 aliphatic carbocycles. The Hall–Kier alpha value is -2.83. The van der Waals surface area contributed by atoms with Gasteiger partial charge in [0.2, 0.25) is 5.91 Å². The van der Waals surface area contributed by atoms with Gasteiger partial charge in [-0.25, -0.2) is 4.79 Å². The lowest BCUT2D eigenvalue weighted by atomic mass is 9.70. The number of likely N-dealkylation sites (tertiary alicyclic amines) is 1. The van der Waals surface area contributed by atoms with E-state index in [0.29, 0.717) is 24.4 Å². The molecule has 1 aliphatic heterocycles. The van der Waals surface area contributed by atoms with Crippen LogP contribution in [0.3, 0.4) is 0 Å². The molecule has 0 aromatic heterocycles. The first-order chi connectivity index (χ1) is 16.4. The molecule has 1 aromatic rings. The Bertz CT molecular complexity index is 1050. The molecular weight excluding hydrogens is 446 g/mol. The maximum absolute atomic E-state index is 13.2. The zero-order valence-electron chi connectivity index (χ0n) is 21.1. The Labute approximate surface area is 207 Å². The van der Waals surface area contributed by atoms with Crippen molar-refractivity contribution in [1.82, 2.24) is 4.90 Å². The molecule has 2 bridgehead atoms. The monoisotopic (exact) mass is 483 g/mol. The first-order valence-electron chi connectivity index (χ1n) is 12.7. The fourth-order valence-electron chi connectivity index (χ4n) is 6.38. The Morgan fingerprint density at radius 1 is 1.17 bits per heavy atom. The van der Waals surface area contributed by atoms with Crippen LogP contribution in [-0.4, -0.2) is 51.5 Å². The zero-order chi connectivity index (χ0) is 25.5. The largest absolute Gasteiger partial charge is 0.504 e. The van der Waals surface area contributed by atoms with Gasteiger partial charge >= 0.3 is 5.97 Å². The van der Waals surface area contributed by atoms with Crippen molar-refractivity contribution in [2.24, 2.45) is 22.7 Å². The van der Waals surface area contributed by atoms with Crippen molar-refractivity contribution in [1.29, 1.82) is 0 Å². The first kappa shape index (κ1) is 25.3. The van der Waals surface area contributed by atoms with Gasteiger partial charge < -0.3 is 19.8 Å². The number of carbonyl (C=O) groups excluding carboxylic acids is 3. The molecule has 7 heteroatoms. The zero-order valence-corrected chi connectivity index (χ0v) is 21.1. The molecule has 0 spiro atoms. The lowest BCUT2D eigenvalue weighted by Gasteiger charge is -2.39. The molecule has 0 radical (unpaired) electrons.